The van der Waals surface area contributed by atoms with E-state index in [0.717, 1.165) is 0 Å². The molecule has 78 valence electrons. The van der Waals surface area contributed by atoms with Gasteiger partial charge in [-0.1, -0.05) is 5.16 Å². The molecular formula is C10H16N2O2. The van der Waals surface area contributed by atoms with E-state index in [1.807, 2.05) is 13.8 Å². The van der Waals surface area contributed by atoms with Gasteiger partial charge in [-0.2, -0.15) is 0 Å². The molecule has 1 heterocycles. The van der Waals surface area contributed by atoms with Gasteiger partial charge in [0.15, 0.2) is 0 Å². The van der Waals surface area contributed by atoms with E-state index >= 15 is 0 Å². The first-order chi connectivity index (χ1) is 6.61. The van der Waals surface area contributed by atoms with Crippen molar-refractivity contribution >= 4 is 5.91 Å². The zero-order chi connectivity index (χ0) is 10.7. The highest BCUT2D eigenvalue weighted by atomic mass is 16.5. The summed E-state index contributed by atoms with van der Waals surface area (Å²) in [6.45, 7) is 8.88. The van der Waals surface area contributed by atoms with E-state index in [0.29, 0.717) is 30.1 Å². The Morgan fingerprint density at radius 2 is 1.93 bits per heavy atom. The van der Waals surface area contributed by atoms with Crippen LogP contribution in [0, 0.1) is 13.8 Å². The van der Waals surface area contributed by atoms with Crippen LogP contribution in [0.3, 0.4) is 0 Å². The average molecular weight is 196 g/mol. The number of carbonyl (C=O) groups excluding carboxylic acids is 1. The maximum atomic E-state index is 11.9. The minimum atomic E-state index is 0.00579. The molecule has 1 aromatic heterocycles. The quantitative estimate of drug-likeness (QED) is 0.740. The van der Waals surface area contributed by atoms with Crippen LogP contribution in [0.25, 0.3) is 0 Å². The lowest BCUT2D eigenvalue weighted by molar-refractivity contribution is 0.0770. The van der Waals surface area contributed by atoms with Gasteiger partial charge in [-0.15, -0.1) is 0 Å². The van der Waals surface area contributed by atoms with Crippen LogP contribution >= 0.6 is 0 Å². The van der Waals surface area contributed by atoms with Gasteiger partial charge < -0.3 is 9.42 Å². The molecule has 4 heteroatoms. The third kappa shape index (κ3) is 1.78. The van der Waals surface area contributed by atoms with Crippen molar-refractivity contribution in [1.82, 2.24) is 10.1 Å². The van der Waals surface area contributed by atoms with E-state index in [-0.39, 0.29) is 5.91 Å². The van der Waals surface area contributed by atoms with Crippen LogP contribution in [0.1, 0.15) is 35.7 Å². The van der Waals surface area contributed by atoms with Gasteiger partial charge in [0.1, 0.15) is 11.3 Å². The molecule has 4 nitrogen and oxygen atoms in total. The van der Waals surface area contributed by atoms with Gasteiger partial charge in [0.2, 0.25) is 0 Å². The van der Waals surface area contributed by atoms with Crippen molar-refractivity contribution in [2.75, 3.05) is 13.1 Å². The first-order valence-corrected chi connectivity index (χ1v) is 4.83. The van der Waals surface area contributed by atoms with Crippen molar-refractivity contribution in [2.24, 2.45) is 0 Å². The van der Waals surface area contributed by atoms with Gasteiger partial charge in [-0.05, 0) is 27.7 Å². The maximum absolute atomic E-state index is 11.9. The summed E-state index contributed by atoms with van der Waals surface area (Å²) >= 11 is 0. The minimum absolute atomic E-state index is 0.00579. The Morgan fingerprint density at radius 1 is 1.36 bits per heavy atom. The second-order valence-electron chi connectivity index (χ2n) is 3.18. The highest BCUT2D eigenvalue weighted by Gasteiger charge is 2.20. The van der Waals surface area contributed by atoms with Gasteiger partial charge in [-0.3, -0.25) is 4.79 Å². The van der Waals surface area contributed by atoms with E-state index < -0.39 is 0 Å². The molecule has 0 saturated heterocycles. The molecule has 0 N–H and O–H groups in total. The van der Waals surface area contributed by atoms with Crippen LogP contribution in [0.15, 0.2) is 4.52 Å². The number of nitrogens with zero attached hydrogens (tertiary/aromatic N) is 2. The third-order valence-electron chi connectivity index (χ3n) is 2.30. The van der Waals surface area contributed by atoms with Crippen LogP contribution in [-0.4, -0.2) is 29.1 Å². The fourth-order valence-electron chi connectivity index (χ4n) is 1.46. The molecule has 0 aliphatic carbocycles. The topological polar surface area (TPSA) is 46.3 Å². The number of rotatable bonds is 3. The zero-order valence-electron chi connectivity index (χ0n) is 9.13. The molecule has 0 aromatic carbocycles. The SMILES string of the molecule is CCN(CC)C(=O)c1c(C)noc1C. The molecule has 0 spiro atoms. The van der Waals surface area contributed by atoms with Crippen molar-refractivity contribution < 1.29 is 9.32 Å². The summed E-state index contributed by atoms with van der Waals surface area (Å²) in [5.74, 6) is 0.602. The molecule has 14 heavy (non-hydrogen) atoms. The molecule has 1 amide bonds. The molecule has 1 aromatic rings. The highest BCUT2D eigenvalue weighted by molar-refractivity contribution is 5.96. The molecule has 0 fully saturated rings. The molecule has 1 rings (SSSR count). The van der Waals surface area contributed by atoms with Gasteiger partial charge in [-0.25, -0.2) is 0 Å². The molecule has 0 aliphatic rings. The van der Waals surface area contributed by atoms with Crippen LogP contribution < -0.4 is 0 Å². The Morgan fingerprint density at radius 3 is 2.29 bits per heavy atom. The largest absolute Gasteiger partial charge is 0.361 e. The van der Waals surface area contributed by atoms with E-state index in [9.17, 15) is 4.79 Å². The molecule has 0 bridgehead atoms. The summed E-state index contributed by atoms with van der Waals surface area (Å²) in [5.41, 5.74) is 1.27. The van der Waals surface area contributed by atoms with Gasteiger partial charge in [0.25, 0.3) is 5.91 Å². The Hall–Kier alpha value is -1.32. The second kappa shape index (κ2) is 4.26. The van der Waals surface area contributed by atoms with Crippen molar-refractivity contribution in [2.45, 2.75) is 27.7 Å². The predicted octanol–water partition coefficient (Wildman–Crippen LogP) is 1.77. The van der Waals surface area contributed by atoms with Crippen LogP contribution in [0.2, 0.25) is 0 Å². The van der Waals surface area contributed by atoms with Crippen molar-refractivity contribution in [3.05, 3.63) is 17.0 Å². The lowest BCUT2D eigenvalue weighted by atomic mass is 10.2. The summed E-state index contributed by atoms with van der Waals surface area (Å²) in [4.78, 5) is 13.7. The Labute approximate surface area is 83.9 Å². The molecule has 0 atom stereocenters. The van der Waals surface area contributed by atoms with E-state index in [1.165, 1.54) is 0 Å². The van der Waals surface area contributed by atoms with Gasteiger partial charge in [0.05, 0.1) is 5.69 Å². The third-order valence-corrected chi connectivity index (χ3v) is 2.30. The predicted molar refractivity (Wildman–Crippen MR) is 53.2 cm³/mol. The van der Waals surface area contributed by atoms with Crippen molar-refractivity contribution in [3.8, 4) is 0 Å². The second-order valence-corrected chi connectivity index (χ2v) is 3.18. The number of aromatic nitrogens is 1. The smallest absolute Gasteiger partial charge is 0.259 e. The molecule has 0 aliphatic heterocycles. The van der Waals surface area contributed by atoms with Crippen molar-refractivity contribution in [1.29, 1.82) is 0 Å². The number of hydrogen-bond acceptors (Lipinski definition) is 3. The van der Waals surface area contributed by atoms with Gasteiger partial charge >= 0.3 is 0 Å². The fourth-order valence-corrected chi connectivity index (χ4v) is 1.46. The Balaban J connectivity index is 2.99. The lowest BCUT2D eigenvalue weighted by Crippen LogP contribution is -2.31. The monoisotopic (exact) mass is 196 g/mol. The van der Waals surface area contributed by atoms with Crippen LogP contribution in [0.5, 0.6) is 0 Å². The minimum Gasteiger partial charge on any atom is -0.361 e. The summed E-state index contributed by atoms with van der Waals surface area (Å²) in [7, 11) is 0. The number of hydrogen-bond donors (Lipinski definition) is 0. The molecule has 0 unspecified atom stereocenters. The number of aryl methyl sites for hydroxylation is 2. The molecule has 0 radical (unpaired) electrons. The first-order valence-electron chi connectivity index (χ1n) is 4.83. The maximum Gasteiger partial charge on any atom is 0.259 e. The van der Waals surface area contributed by atoms with Crippen molar-refractivity contribution in [3.63, 3.8) is 0 Å². The summed E-state index contributed by atoms with van der Waals surface area (Å²) in [6, 6.07) is 0. The standard InChI is InChI=1S/C10H16N2O2/c1-5-12(6-2)10(13)9-7(3)11-14-8(9)4/h5-6H2,1-4H3. The summed E-state index contributed by atoms with van der Waals surface area (Å²) < 4.78 is 4.96. The first kappa shape index (κ1) is 10.8. The number of carbonyl (C=O) groups is 1. The van der Waals surface area contributed by atoms with Crippen LogP contribution in [0.4, 0.5) is 0 Å². The summed E-state index contributed by atoms with van der Waals surface area (Å²) in [6.07, 6.45) is 0. The average Bonchev–Trinajstić information content (AvgIpc) is 2.48. The fraction of sp³-hybridized carbons (Fsp3) is 0.600. The van der Waals surface area contributed by atoms with E-state index in [1.54, 1.807) is 18.7 Å². The zero-order valence-corrected chi connectivity index (χ0v) is 9.13. The normalized spacial score (nSPS) is 10.3. The Kier molecular flexibility index (Phi) is 3.28. The lowest BCUT2D eigenvalue weighted by Gasteiger charge is -2.17. The number of amides is 1. The van der Waals surface area contributed by atoms with Crippen LogP contribution in [-0.2, 0) is 0 Å². The summed E-state index contributed by atoms with van der Waals surface area (Å²) in [5, 5.41) is 3.77. The van der Waals surface area contributed by atoms with E-state index in [2.05, 4.69) is 5.16 Å². The van der Waals surface area contributed by atoms with E-state index in [4.69, 9.17) is 4.52 Å². The Bertz CT molecular complexity index is 307. The highest BCUT2D eigenvalue weighted by Crippen LogP contribution is 2.14. The molecule has 0 saturated carbocycles. The van der Waals surface area contributed by atoms with Gasteiger partial charge in [0, 0.05) is 13.1 Å². The molecular weight excluding hydrogens is 180 g/mol.